The van der Waals surface area contributed by atoms with Crippen molar-refractivity contribution in [2.45, 2.75) is 183 Å². The molecule has 2 rings (SSSR count). The van der Waals surface area contributed by atoms with Crippen molar-refractivity contribution in [2.75, 3.05) is 22.9 Å². The highest BCUT2D eigenvalue weighted by Gasteiger charge is 2.40. The number of nitrogens with zero attached hydrogens (tertiary/aromatic N) is 2. The largest absolute Gasteiger partial charge is 0.365 e. The van der Waals surface area contributed by atoms with E-state index in [-0.39, 0.29) is 0 Å². The molecule has 38 heavy (non-hydrogen) atoms. The Hall–Kier alpha value is -1.18. The molecular weight excluding hydrogens is 460 g/mol. The molecule has 0 bridgehead atoms. The quantitative estimate of drug-likeness (QED) is 0.157. The van der Waals surface area contributed by atoms with Gasteiger partial charge in [0.25, 0.3) is 0 Å². The fourth-order valence-corrected chi connectivity index (χ4v) is 6.73. The van der Waals surface area contributed by atoms with Crippen molar-refractivity contribution < 1.29 is 0 Å². The van der Waals surface area contributed by atoms with Crippen LogP contribution in [0.4, 0.5) is 11.4 Å². The van der Waals surface area contributed by atoms with Gasteiger partial charge in [-0.05, 0) is 87.0 Å². The van der Waals surface area contributed by atoms with E-state index in [4.69, 9.17) is 0 Å². The molecule has 2 unspecified atom stereocenters. The average Bonchev–Trinajstić information content (AvgIpc) is 2.93. The van der Waals surface area contributed by atoms with E-state index in [1.54, 1.807) is 28.1 Å². The number of aryl methyl sites for hydroxylation is 1. The third-order valence-electron chi connectivity index (χ3n) is 9.01. The fourth-order valence-electron chi connectivity index (χ4n) is 6.73. The maximum atomic E-state index is 3.00. The van der Waals surface area contributed by atoms with Gasteiger partial charge in [0.15, 0.2) is 0 Å². The summed E-state index contributed by atoms with van der Waals surface area (Å²) in [6.07, 6.45) is 24.8. The Morgan fingerprint density at radius 2 is 0.947 bits per heavy atom. The van der Waals surface area contributed by atoms with Gasteiger partial charge in [-0.2, -0.15) is 0 Å². The predicted octanol–water partition coefficient (Wildman–Crippen LogP) is 11.1. The van der Waals surface area contributed by atoms with Crippen LogP contribution in [-0.2, 0) is 19.3 Å². The highest BCUT2D eigenvalue weighted by molar-refractivity contribution is 5.81. The third kappa shape index (κ3) is 8.92. The smallest absolute Gasteiger partial charge is 0.0642 e. The van der Waals surface area contributed by atoms with E-state index in [0.717, 1.165) is 0 Å². The molecule has 220 valence electrons. The molecule has 2 heteroatoms. The lowest BCUT2D eigenvalue weighted by molar-refractivity contribution is 0.376. The fraction of sp³-hybridized carbons (Fsp3) is 0.833. The van der Waals surface area contributed by atoms with Crippen LogP contribution in [0.2, 0.25) is 0 Å². The Kier molecular flexibility index (Phi) is 16.5. The van der Waals surface area contributed by atoms with Crippen LogP contribution in [0, 0.1) is 0 Å². The van der Waals surface area contributed by atoms with E-state index < -0.39 is 0 Å². The second-order valence-corrected chi connectivity index (χ2v) is 12.2. The third-order valence-corrected chi connectivity index (χ3v) is 9.01. The Balaban J connectivity index is 2.85. The number of benzene rings is 1. The first-order valence-corrected chi connectivity index (χ1v) is 17.3. The summed E-state index contributed by atoms with van der Waals surface area (Å²) in [5.41, 5.74) is 8.52. The van der Waals surface area contributed by atoms with Gasteiger partial charge in [-0.15, -0.1) is 0 Å². The SMILES string of the molecule is CCCCc1cc2c(c(CCCC)c1CCCC)N(CCCC)C(CCCC)C(CCCC)N2CCCC. The molecule has 0 saturated heterocycles. The summed E-state index contributed by atoms with van der Waals surface area (Å²) < 4.78 is 0. The van der Waals surface area contributed by atoms with E-state index in [1.165, 1.54) is 135 Å². The predicted molar refractivity (Wildman–Crippen MR) is 173 cm³/mol. The molecule has 1 heterocycles. The number of hydrogen-bond acceptors (Lipinski definition) is 2. The zero-order chi connectivity index (χ0) is 27.8. The zero-order valence-corrected chi connectivity index (χ0v) is 27.0. The van der Waals surface area contributed by atoms with Crippen LogP contribution < -0.4 is 9.80 Å². The van der Waals surface area contributed by atoms with Crippen molar-refractivity contribution >= 4 is 11.4 Å². The van der Waals surface area contributed by atoms with Gasteiger partial charge in [0.05, 0.1) is 11.4 Å². The number of rotatable bonds is 21. The Labute approximate surface area is 239 Å². The Morgan fingerprint density at radius 3 is 1.47 bits per heavy atom. The molecule has 2 atom stereocenters. The lowest BCUT2D eigenvalue weighted by Crippen LogP contribution is -2.57. The standard InChI is InChI=1S/C36H66N2/c1-8-15-22-30-29-35-36(32(24-17-10-3)31(30)23-16-9-2)38(28-21-14-7)34(26-19-12-5)33(25-18-11-4)37(35)27-20-13-6/h29,33-34H,8-28H2,1-7H3. The highest BCUT2D eigenvalue weighted by Crippen LogP contribution is 2.47. The lowest BCUT2D eigenvalue weighted by Gasteiger charge is -2.52. The zero-order valence-electron chi connectivity index (χ0n) is 27.0. The lowest BCUT2D eigenvalue weighted by atomic mass is 9.83. The minimum atomic E-state index is 0.664. The molecule has 1 aliphatic heterocycles. The van der Waals surface area contributed by atoms with Crippen LogP contribution in [0.3, 0.4) is 0 Å². The summed E-state index contributed by atoms with van der Waals surface area (Å²) in [4.78, 5) is 5.97. The van der Waals surface area contributed by atoms with Crippen molar-refractivity contribution in [3.63, 3.8) is 0 Å². The molecule has 0 radical (unpaired) electrons. The molecule has 0 N–H and O–H groups in total. The summed E-state index contributed by atoms with van der Waals surface area (Å²) in [6, 6.07) is 4.06. The van der Waals surface area contributed by atoms with Gasteiger partial charge in [-0.25, -0.2) is 0 Å². The first-order valence-electron chi connectivity index (χ1n) is 17.3. The number of fused-ring (bicyclic) bond motifs is 1. The second-order valence-electron chi connectivity index (χ2n) is 12.2. The number of unbranched alkanes of at least 4 members (excludes halogenated alkanes) is 7. The Bertz CT molecular complexity index is 754. The highest BCUT2D eigenvalue weighted by atomic mass is 15.3. The van der Waals surface area contributed by atoms with Crippen LogP contribution in [0.1, 0.15) is 168 Å². The minimum Gasteiger partial charge on any atom is -0.365 e. The van der Waals surface area contributed by atoms with Crippen molar-refractivity contribution in [1.82, 2.24) is 0 Å². The van der Waals surface area contributed by atoms with E-state index in [0.29, 0.717) is 12.1 Å². The van der Waals surface area contributed by atoms with Crippen molar-refractivity contribution in [1.29, 1.82) is 0 Å². The minimum absolute atomic E-state index is 0.664. The van der Waals surface area contributed by atoms with Crippen LogP contribution in [0.5, 0.6) is 0 Å². The maximum Gasteiger partial charge on any atom is 0.0642 e. The van der Waals surface area contributed by atoms with Gasteiger partial charge in [-0.1, -0.05) is 106 Å². The molecule has 1 aromatic carbocycles. The summed E-state index contributed by atoms with van der Waals surface area (Å²) >= 11 is 0. The maximum absolute atomic E-state index is 3.00. The van der Waals surface area contributed by atoms with E-state index in [1.807, 2.05) is 0 Å². The normalized spacial score (nSPS) is 17.3. The molecule has 0 aliphatic carbocycles. The first-order chi connectivity index (χ1) is 18.6. The monoisotopic (exact) mass is 527 g/mol. The van der Waals surface area contributed by atoms with E-state index >= 15 is 0 Å². The van der Waals surface area contributed by atoms with Crippen molar-refractivity contribution in [3.05, 3.63) is 22.8 Å². The van der Waals surface area contributed by atoms with Crippen LogP contribution in [-0.4, -0.2) is 25.2 Å². The molecular formula is C36H66N2. The number of anilines is 2. The van der Waals surface area contributed by atoms with E-state index in [2.05, 4.69) is 64.3 Å². The first kappa shape index (κ1) is 33.0. The van der Waals surface area contributed by atoms with Crippen LogP contribution in [0.15, 0.2) is 6.07 Å². The molecule has 1 aliphatic rings. The number of hydrogen-bond donors (Lipinski definition) is 0. The van der Waals surface area contributed by atoms with Gasteiger partial charge < -0.3 is 9.80 Å². The molecule has 0 amide bonds. The van der Waals surface area contributed by atoms with Gasteiger partial charge in [0.1, 0.15) is 0 Å². The molecule has 0 saturated carbocycles. The van der Waals surface area contributed by atoms with Crippen LogP contribution in [0.25, 0.3) is 0 Å². The molecule has 1 aromatic rings. The topological polar surface area (TPSA) is 6.48 Å². The molecule has 0 aromatic heterocycles. The van der Waals surface area contributed by atoms with Crippen molar-refractivity contribution in [3.8, 4) is 0 Å². The molecule has 0 spiro atoms. The Morgan fingerprint density at radius 1 is 0.500 bits per heavy atom. The summed E-state index contributed by atoms with van der Waals surface area (Å²) in [7, 11) is 0. The van der Waals surface area contributed by atoms with E-state index in [9.17, 15) is 0 Å². The average molecular weight is 527 g/mol. The van der Waals surface area contributed by atoms with Gasteiger partial charge in [0.2, 0.25) is 0 Å². The van der Waals surface area contributed by atoms with Crippen LogP contribution >= 0.6 is 0 Å². The van der Waals surface area contributed by atoms with Crippen molar-refractivity contribution in [2.24, 2.45) is 0 Å². The van der Waals surface area contributed by atoms with Gasteiger partial charge in [0, 0.05) is 25.2 Å². The molecule has 0 fully saturated rings. The molecule has 2 nitrogen and oxygen atoms in total. The summed E-state index contributed by atoms with van der Waals surface area (Å²) in [6.45, 7) is 19.1. The van der Waals surface area contributed by atoms with Gasteiger partial charge >= 0.3 is 0 Å². The summed E-state index contributed by atoms with van der Waals surface area (Å²) in [5.74, 6) is 0. The summed E-state index contributed by atoms with van der Waals surface area (Å²) in [5, 5.41) is 0. The van der Waals surface area contributed by atoms with Gasteiger partial charge in [-0.3, -0.25) is 0 Å². The second kappa shape index (κ2) is 19.0.